The van der Waals surface area contributed by atoms with Crippen molar-refractivity contribution < 1.29 is 20.1 Å². The highest BCUT2D eigenvalue weighted by Gasteiger charge is 2.58. The van der Waals surface area contributed by atoms with Crippen LogP contribution in [0.5, 0.6) is 0 Å². The van der Waals surface area contributed by atoms with Gasteiger partial charge in [-0.3, -0.25) is 4.79 Å². The van der Waals surface area contributed by atoms with Crippen molar-refractivity contribution in [3.8, 4) is 0 Å². The van der Waals surface area contributed by atoms with Crippen LogP contribution in [0.2, 0.25) is 0 Å². The maximum atomic E-state index is 10.8. The molecule has 3 aliphatic rings. The molecule has 6 atom stereocenters. The van der Waals surface area contributed by atoms with Crippen molar-refractivity contribution in [1.29, 1.82) is 0 Å². The van der Waals surface area contributed by atoms with Gasteiger partial charge in [-0.2, -0.15) is 0 Å². The van der Waals surface area contributed by atoms with Gasteiger partial charge < -0.3 is 15.3 Å². The molecular weight excluding hydrogens is 352 g/mol. The Hall–Kier alpha value is -0.870. The highest BCUT2D eigenvalue weighted by molar-refractivity contribution is 5.66. The summed E-state index contributed by atoms with van der Waals surface area (Å²) < 4.78 is 0. The third kappa shape index (κ3) is 4.64. The molecule has 0 aliphatic heterocycles. The lowest BCUT2D eigenvalue weighted by atomic mass is 9.43. The second-order valence-electron chi connectivity index (χ2n) is 10.1. The van der Waals surface area contributed by atoms with Gasteiger partial charge in [0.15, 0.2) is 0 Å². The minimum absolute atomic E-state index is 0.107. The average Bonchev–Trinajstić information content (AvgIpc) is 2.66. The van der Waals surface area contributed by atoms with Crippen LogP contribution in [0.15, 0.2) is 11.6 Å². The highest BCUT2D eigenvalue weighted by Crippen LogP contribution is 2.64. The zero-order valence-electron chi connectivity index (χ0n) is 17.8. The Labute approximate surface area is 170 Å². The van der Waals surface area contributed by atoms with Crippen LogP contribution in [0.1, 0.15) is 90.9 Å². The van der Waals surface area contributed by atoms with Crippen molar-refractivity contribution in [3.05, 3.63) is 11.6 Å². The summed E-state index contributed by atoms with van der Waals surface area (Å²) in [5.74, 6) is 1.07. The molecule has 0 spiro atoms. The molecule has 160 valence electrons. The lowest BCUT2D eigenvalue weighted by molar-refractivity contribution is -0.136. The molecule has 0 bridgehead atoms. The summed E-state index contributed by atoms with van der Waals surface area (Å²) in [6.07, 6.45) is 13.4. The number of allylic oxidation sites excluding steroid dienone is 2. The number of carboxylic acid groups (broad SMARTS) is 1. The first kappa shape index (κ1) is 21.8. The lowest BCUT2D eigenvalue weighted by Crippen LogP contribution is -2.57. The van der Waals surface area contributed by atoms with Crippen LogP contribution in [0, 0.1) is 29.1 Å². The number of aliphatic hydroxyl groups excluding tert-OH is 2. The molecule has 3 saturated carbocycles. The predicted octanol–water partition coefficient (Wildman–Crippen LogP) is 4.93. The van der Waals surface area contributed by atoms with Crippen LogP contribution in [-0.4, -0.2) is 33.5 Å². The van der Waals surface area contributed by atoms with E-state index in [0.29, 0.717) is 24.2 Å². The van der Waals surface area contributed by atoms with Gasteiger partial charge in [0.1, 0.15) is 0 Å². The van der Waals surface area contributed by atoms with Crippen molar-refractivity contribution in [3.63, 3.8) is 0 Å². The van der Waals surface area contributed by atoms with Crippen LogP contribution in [0.3, 0.4) is 0 Å². The second-order valence-corrected chi connectivity index (χ2v) is 10.1. The maximum absolute atomic E-state index is 10.8. The van der Waals surface area contributed by atoms with Gasteiger partial charge in [-0.1, -0.05) is 57.6 Å². The largest absolute Gasteiger partial charge is 0.481 e. The summed E-state index contributed by atoms with van der Waals surface area (Å²) in [5, 5.41) is 30.2. The van der Waals surface area contributed by atoms with Gasteiger partial charge in [0.2, 0.25) is 0 Å². The Morgan fingerprint density at radius 3 is 2.64 bits per heavy atom. The van der Waals surface area contributed by atoms with Crippen molar-refractivity contribution in [1.82, 2.24) is 0 Å². The van der Waals surface area contributed by atoms with Gasteiger partial charge in [-0.05, 0) is 67.6 Å². The van der Waals surface area contributed by atoms with Crippen LogP contribution < -0.4 is 0 Å². The number of carboxylic acids is 1. The van der Waals surface area contributed by atoms with Gasteiger partial charge in [0.05, 0.1) is 12.2 Å². The number of aliphatic carboxylic acids is 1. The quantitative estimate of drug-likeness (QED) is 0.512. The summed E-state index contributed by atoms with van der Waals surface area (Å²) in [6.45, 7) is 4.55. The van der Waals surface area contributed by atoms with Crippen LogP contribution in [0.25, 0.3) is 0 Å². The molecule has 0 aromatic heterocycles. The zero-order valence-corrected chi connectivity index (χ0v) is 17.8. The molecule has 0 amide bonds. The standard InChI is InChI=1S/C24H40O4/c1-16-20(9-6-10-22(27)28)24(2)14-13-21(26)19(23(16)24)12-11-18(25)15-17-7-4-3-5-8-17/h9,16-19,21,23,25-26H,3-8,10-15H2,1-2H3,(H,27,28)/t16?,18?,19-,21+,23+,24+/m1/s1. The summed E-state index contributed by atoms with van der Waals surface area (Å²) in [7, 11) is 0. The summed E-state index contributed by atoms with van der Waals surface area (Å²) in [5.41, 5.74) is 1.51. The van der Waals surface area contributed by atoms with Crippen molar-refractivity contribution in [2.24, 2.45) is 29.1 Å². The Kier molecular flexibility index (Phi) is 7.25. The monoisotopic (exact) mass is 392 g/mol. The zero-order chi connectivity index (χ0) is 20.3. The molecule has 0 radical (unpaired) electrons. The smallest absolute Gasteiger partial charge is 0.303 e. The van der Waals surface area contributed by atoms with Crippen LogP contribution in [-0.2, 0) is 4.79 Å². The minimum atomic E-state index is -0.741. The number of aliphatic hydroxyl groups is 2. The van der Waals surface area contributed by atoms with E-state index < -0.39 is 5.97 Å². The third-order valence-corrected chi connectivity index (χ3v) is 8.23. The van der Waals surface area contributed by atoms with Gasteiger partial charge >= 0.3 is 5.97 Å². The highest BCUT2D eigenvalue weighted by atomic mass is 16.4. The van der Waals surface area contributed by atoms with Crippen molar-refractivity contribution in [2.45, 2.75) is 103 Å². The first-order chi connectivity index (χ1) is 13.3. The lowest BCUT2D eigenvalue weighted by Gasteiger charge is -2.62. The molecule has 0 aromatic rings. The van der Waals surface area contributed by atoms with E-state index in [0.717, 1.165) is 32.1 Å². The van der Waals surface area contributed by atoms with E-state index in [1.54, 1.807) is 0 Å². The molecule has 0 saturated heterocycles. The van der Waals surface area contributed by atoms with E-state index in [1.807, 2.05) is 0 Å². The molecule has 3 aliphatic carbocycles. The second kappa shape index (κ2) is 9.30. The van der Waals surface area contributed by atoms with Crippen molar-refractivity contribution in [2.75, 3.05) is 0 Å². The third-order valence-electron chi connectivity index (χ3n) is 8.23. The fraction of sp³-hybridized carbons (Fsp3) is 0.875. The summed E-state index contributed by atoms with van der Waals surface area (Å²) in [4.78, 5) is 10.8. The fourth-order valence-corrected chi connectivity index (χ4v) is 6.87. The Morgan fingerprint density at radius 2 is 1.96 bits per heavy atom. The molecule has 28 heavy (non-hydrogen) atoms. The van der Waals surface area contributed by atoms with E-state index in [-0.39, 0.29) is 30.0 Å². The van der Waals surface area contributed by atoms with Gasteiger partial charge in [0.25, 0.3) is 0 Å². The minimum Gasteiger partial charge on any atom is -0.481 e. The molecule has 3 N–H and O–H groups in total. The van der Waals surface area contributed by atoms with E-state index in [2.05, 4.69) is 19.9 Å². The molecule has 0 heterocycles. The molecule has 0 aromatic carbocycles. The topological polar surface area (TPSA) is 77.8 Å². The van der Waals surface area contributed by atoms with Gasteiger partial charge in [-0.25, -0.2) is 0 Å². The number of hydrogen-bond donors (Lipinski definition) is 3. The summed E-state index contributed by atoms with van der Waals surface area (Å²) in [6, 6.07) is 0. The number of rotatable bonds is 8. The van der Waals surface area contributed by atoms with E-state index in [1.165, 1.54) is 37.7 Å². The van der Waals surface area contributed by atoms with Crippen molar-refractivity contribution >= 4 is 5.97 Å². The Balaban J connectivity index is 1.56. The fourth-order valence-electron chi connectivity index (χ4n) is 6.87. The maximum Gasteiger partial charge on any atom is 0.303 e. The van der Waals surface area contributed by atoms with Crippen LogP contribution in [0.4, 0.5) is 0 Å². The molecule has 4 heteroatoms. The van der Waals surface area contributed by atoms with Gasteiger partial charge in [0, 0.05) is 6.42 Å². The first-order valence-corrected chi connectivity index (χ1v) is 11.6. The average molecular weight is 393 g/mol. The molecule has 3 rings (SSSR count). The molecular formula is C24H40O4. The number of hydrogen-bond acceptors (Lipinski definition) is 3. The predicted molar refractivity (Wildman–Crippen MR) is 111 cm³/mol. The molecule has 2 unspecified atom stereocenters. The number of carbonyl (C=O) groups is 1. The Bertz CT molecular complexity index is 565. The molecule has 4 nitrogen and oxygen atoms in total. The summed E-state index contributed by atoms with van der Waals surface area (Å²) >= 11 is 0. The van der Waals surface area contributed by atoms with E-state index in [9.17, 15) is 15.0 Å². The van der Waals surface area contributed by atoms with Gasteiger partial charge in [-0.15, -0.1) is 0 Å². The van der Waals surface area contributed by atoms with E-state index >= 15 is 0 Å². The SMILES string of the molecule is CC1C(=CCCC(=O)O)[C@]2(C)CC[C@H](O)[C@@H](CCC(O)CC3CCCCC3)[C@H]12. The van der Waals surface area contributed by atoms with E-state index in [4.69, 9.17) is 5.11 Å². The van der Waals surface area contributed by atoms with Crippen LogP contribution >= 0.6 is 0 Å². The normalized spacial score (nSPS) is 38.6. The number of fused-ring (bicyclic) bond motifs is 1. The molecule has 3 fully saturated rings. The Morgan fingerprint density at radius 1 is 1.25 bits per heavy atom. The first-order valence-electron chi connectivity index (χ1n) is 11.6.